The van der Waals surface area contributed by atoms with Crippen molar-refractivity contribution in [1.82, 2.24) is 19.1 Å². The third kappa shape index (κ3) is 13.2. The highest BCUT2D eigenvalue weighted by Gasteiger charge is 2.25. The number of carbonyl (C=O) groups is 4. The van der Waals surface area contributed by atoms with E-state index in [0.29, 0.717) is 24.5 Å². The Bertz CT molecular complexity index is 2350. The van der Waals surface area contributed by atoms with Crippen LogP contribution in [0.4, 0.5) is 11.4 Å². The van der Waals surface area contributed by atoms with Crippen molar-refractivity contribution in [2.75, 3.05) is 35.4 Å². The van der Waals surface area contributed by atoms with Crippen LogP contribution in [-0.4, -0.2) is 79.2 Å². The summed E-state index contributed by atoms with van der Waals surface area (Å²) in [5, 5.41) is 10.8. The second-order valence-corrected chi connectivity index (χ2v) is 17.0. The van der Waals surface area contributed by atoms with Gasteiger partial charge in [-0.25, -0.2) is 9.97 Å². The molecule has 6 aromatic rings. The molecule has 0 saturated carbocycles. The maximum Gasteiger partial charge on any atom is 0.323 e. The molecule has 0 aliphatic carbocycles. The molecule has 4 aromatic carbocycles. The highest BCUT2D eigenvalue weighted by molar-refractivity contribution is 7.99. The summed E-state index contributed by atoms with van der Waals surface area (Å²) >= 11 is 3.21. The zero-order valence-electron chi connectivity index (χ0n) is 35.0. The van der Waals surface area contributed by atoms with Crippen molar-refractivity contribution in [1.29, 1.82) is 0 Å². The van der Waals surface area contributed by atoms with E-state index in [0.717, 1.165) is 75.8 Å². The van der Waals surface area contributed by atoms with Gasteiger partial charge in [-0.2, -0.15) is 0 Å². The minimum absolute atomic E-state index is 0.0920. The Balaban J connectivity index is 0.000000230. The molecular formula is C46H54N6O6S2. The molecule has 1 N–H and O–H groups in total. The van der Waals surface area contributed by atoms with E-state index in [1.807, 2.05) is 130 Å². The van der Waals surface area contributed by atoms with Crippen LogP contribution in [0.2, 0.25) is 0 Å². The van der Waals surface area contributed by atoms with E-state index in [1.54, 1.807) is 33.2 Å². The maximum atomic E-state index is 12.5. The Labute approximate surface area is 360 Å². The zero-order valence-corrected chi connectivity index (χ0v) is 36.6. The van der Waals surface area contributed by atoms with Crippen molar-refractivity contribution in [3.63, 3.8) is 0 Å². The summed E-state index contributed by atoms with van der Waals surface area (Å²) in [6.07, 6.45) is 4.37. The van der Waals surface area contributed by atoms with Gasteiger partial charge in [-0.3, -0.25) is 19.2 Å². The SMILES string of the molecule is CC(=O)OC(C)(C)Cn1c(SCCCCC(=O)N(C)c2ccccc2)nc2ccccc21.CN(C(=O)CCCCSc1nc2ccccc2n1CC(=O)O)c1ccccc1. The van der Waals surface area contributed by atoms with Crippen molar-refractivity contribution in [2.24, 2.45) is 0 Å². The molecule has 2 amide bonds. The lowest BCUT2D eigenvalue weighted by molar-refractivity contribution is -0.154. The molecule has 0 spiro atoms. The predicted octanol–water partition coefficient (Wildman–Crippen LogP) is 9.35. The fraction of sp³-hybridized carbons (Fsp3) is 0.348. The first kappa shape index (κ1) is 45.5. The number of carboxylic acids is 1. The number of para-hydroxylation sites is 6. The molecule has 0 aliphatic rings. The van der Waals surface area contributed by atoms with Gasteiger partial charge in [-0.05, 0) is 88.1 Å². The van der Waals surface area contributed by atoms with Crippen molar-refractivity contribution >= 4 is 80.7 Å². The summed E-state index contributed by atoms with van der Waals surface area (Å²) in [4.78, 5) is 60.2. The lowest BCUT2D eigenvalue weighted by Crippen LogP contribution is -2.32. The third-order valence-corrected chi connectivity index (χ3v) is 11.7. The topological polar surface area (TPSA) is 140 Å². The van der Waals surface area contributed by atoms with Crippen molar-refractivity contribution in [3.8, 4) is 0 Å². The average molecular weight is 851 g/mol. The summed E-state index contributed by atoms with van der Waals surface area (Å²) in [5.41, 5.74) is 4.74. The van der Waals surface area contributed by atoms with Gasteiger partial charge in [-0.15, -0.1) is 0 Å². The fourth-order valence-electron chi connectivity index (χ4n) is 6.58. The van der Waals surface area contributed by atoms with Crippen molar-refractivity contribution in [3.05, 3.63) is 109 Å². The molecule has 2 heterocycles. The van der Waals surface area contributed by atoms with Crippen molar-refractivity contribution in [2.45, 2.75) is 88.3 Å². The van der Waals surface area contributed by atoms with Crippen LogP contribution >= 0.6 is 23.5 Å². The number of amides is 2. The number of benzene rings is 4. The number of carboxylic acid groups (broad SMARTS) is 1. The molecule has 0 atom stereocenters. The Hall–Kier alpha value is -5.60. The third-order valence-electron chi connectivity index (χ3n) is 9.56. The minimum atomic E-state index is -0.889. The number of anilines is 2. The molecule has 0 radical (unpaired) electrons. The van der Waals surface area contributed by atoms with Crippen LogP contribution < -0.4 is 9.80 Å². The van der Waals surface area contributed by atoms with Crippen LogP contribution in [0.25, 0.3) is 22.1 Å². The quantitative estimate of drug-likeness (QED) is 0.0477. The molecular weight excluding hydrogens is 797 g/mol. The van der Waals surface area contributed by atoms with Gasteiger partial charge in [0.15, 0.2) is 10.3 Å². The predicted molar refractivity (Wildman–Crippen MR) is 242 cm³/mol. The summed E-state index contributed by atoms with van der Waals surface area (Å²) in [7, 11) is 3.61. The highest BCUT2D eigenvalue weighted by atomic mass is 32.2. The highest BCUT2D eigenvalue weighted by Crippen LogP contribution is 2.29. The monoisotopic (exact) mass is 850 g/mol. The first-order valence-electron chi connectivity index (χ1n) is 20.0. The van der Waals surface area contributed by atoms with E-state index in [4.69, 9.17) is 9.72 Å². The summed E-state index contributed by atoms with van der Waals surface area (Å²) in [6, 6.07) is 34.8. The fourth-order valence-corrected chi connectivity index (χ4v) is 8.61. The van der Waals surface area contributed by atoms with Crippen LogP contribution in [0.1, 0.15) is 59.3 Å². The molecule has 0 unspecified atom stereocenters. The molecule has 0 aliphatic heterocycles. The van der Waals surface area contributed by atoms with Gasteiger partial charge in [0, 0.05) is 56.7 Å². The molecule has 14 heteroatoms. The van der Waals surface area contributed by atoms with Crippen LogP contribution in [-0.2, 0) is 37.0 Å². The molecule has 2 aromatic heterocycles. The van der Waals surface area contributed by atoms with Gasteiger partial charge in [0.25, 0.3) is 0 Å². The number of aromatic nitrogens is 4. The number of hydrogen-bond acceptors (Lipinski definition) is 9. The number of unbranched alkanes of at least 4 members (excludes halogenated alkanes) is 2. The number of carbonyl (C=O) groups excluding carboxylic acids is 3. The van der Waals surface area contributed by atoms with E-state index in [1.165, 1.54) is 18.7 Å². The largest absolute Gasteiger partial charge is 0.480 e. The number of hydrogen-bond donors (Lipinski definition) is 1. The Morgan fingerprint density at radius 2 is 1.05 bits per heavy atom. The summed E-state index contributed by atoms with van der Waals surface area (Å²) < 4.78 is 9.36. The van der Waals surface area contributed by atoms with Gasteiger partial charge < -0.3 is 28.8 Å². The Kier molecular flexibility index (Phi) is 16.8. The first-order chi connectivity index (χ1) is 28.8. The van der Waals surface area contributed by atoms with Crippen LogP contribution in [0.15, 0.2) is 120 Å². The van der Waals surface area contributed by atoms with Crippen molar-refractivity contribution < 1.29 is 29.0 Å². The molecule has 60 heavy (non-hydrogen) atoms. The molecule has 0 bridgehead atoms. The molecule has 6 rings (SSSR count). The lowest BCUT2D eigenvalue weighted by Gasteiger charge is -2.26. The number of thioether (sulfide) groups is 2. The van der Waals surface area contributed by atoms with Crippen LogP contribution in [0, 0.1) is 0 Å². The minimum Gasteiger partial charge on any atom is -0.480 e. The lowest BCUT2D eigenvalue weighted by atomic mass is 10.1. The second kappa shape index (κ2) is 22.1. The number of nitrogens with zero attached hydrogens (tertiary/aromatic N) is 6. The van der Waals surface area contributed by atoms with E-state index >= 15 is 0 Å². The molecule has 0 fully saturated rings. The standard InChI is InChI=1S/C25H31N3O3S.C21H23N3O3S/c1-19(29)31-25(2,3)18-28-22-15-9-8-14-21(22)26-24(28)32-17-11-10-16-23(30)27(4)20-12-6-5-7-13-20;1-23(16-9-3-2-4-10-16)19(25)13-7-8-14-28-21-22-17-11-5-6-12-18(17)24(21)15-20(26)27/h5-9,12-15H,10-11,16-18H2,1-4H3;2-6,9-12H,7-8,13-15H2,1H3,(H,26,27). The number of fused-ring (bicyclic) bond motifs is 2. The van der Waals surface area contributed by atoms with E-state index in [-0.39, 0.29) is 24.3 Å². The van der Waals surface area contributed by atoms with Gasteiger partial charge in [0.2, 0.25) is 11.8 Å². The first-order valence-corrected chi connectivity index (χ1v) is 22.0. The number of ether oxygens (including phenoxy) is 1. The number of aliphatic carboxylic acids is 1. The molecule has 316 valence electrons. The van der Waals surface area contributed by atoms with Crippen LogP contribution in [0.3, 0.4) is 0 Å². The average Bonchev–Trinajstić information content (AvgIpc) is 3.76. The second-order valence-electron chi connectivity index (χ2n) is 14.9. The van der Waals surface area contributed by atoms with Crippen LogP contribution in [0.5, 0.6) is 0 Å². The number of rotatable bonds is 19. The smallest absolute Gasteiger partial charge is 0.323 e. The van der Waals surface area contributed by atoms with Gasteiger partial charge in [0.05, 0.1) is 28.6 Å². The Morgan fingerprint density at radius 3 is 1.50 bits per heavy atom. The Morgan fingerprint density at radius 1 is 0.633 bits per heavy atom. The summed E-state index contributed by atoms with van der Waals surface area (Å²) in [6.45, 7) is 5.66. The van der Waals surface area contributed by atoms with Gasteiger partial charge in [0.1, 0.15) is 12.1 Å². The van der Waals surface area contributed by atoms with Gasteiger partial charge in [-0.1, -0.05) is 84.2 Å². The normalized spacial score (nSPS) is 11.2. The number of esters is 1. The summed E-state index contributed by atoms with van der Waals surface area (Å²) in [5.74, 6) is 0.675. The molecule has 0 saturated heterocycles. The van der Waals surface area contributed by atoms with E-state index < -0.39 is 11.6 Å². The van der Waals surface area contributed by atoms with Gasteiger partial charge >= 0.3 is 11.9 Å². The molecule has 12 nitrogen and oxygen atoms in total. The van der Waals surface area contributed by atoms with E-state index in [2.05, 4.69) is 9.55 Å². The van der Waals surface area contributed by atoms with E-state index in [9.17, 15) is 24.3 Å². The maximum absolute atomic E-state index is 12.5. The number of imidazole rings is 2. The zero-order chi connectivity index (χ0) is 43.1.